The fraction of sp³-hybridized carbons (Fsp3) is 0.409. The number of hydrogen-bond acceptors (Lipinski definition) is 3. The van der Waals surface area contributed by atoms with Crippen molar-refractivity contribution in [2.24, 2.45) is 4.99 Å². The highest BCUT2D eigenvalue weighted by atomic mass is 35.5. The summed E-state index contributed by atoms with van der Waals surface area (Å²) in [5.41, 5.74) is 2.98. The number of hydrogen-bond donors (Lipinski definition) is 2. The number of carbonyl (C=O) groups is 1. The zero-order valence-corrected chi connectivity index (χ0v) is 17.6. The number of amides is 1. The van der Waals surface area contributed by atoms with Crippen molar-refractivity contribution in [1.29, 1.82) is 0 Å². The summed E-state index contributed by atoms with van der Waals surface area (Å²) in [5.74, 6) is 0.874. The van der Waals surface area contributed by atoms with Gasteiger partial charge in [-0.05, 0) is 55.0 Å². The lowest BCUT2D eigenvalue weighted by molar-refractivity contribution is 0.0724. The highest BCUT2D eigenvalue weighted by molar-refractivity contribution is 6.29. The van der Waals surface area contributed by atoms with E-state index >= 15 is 0 Å². The number of nitrogens with zero attached hydrogens (tertiary/aromatic N) is 3. The molecule has 0 radical (unpaired) electrons. The first kappa shape index (κ1) is 21.1. The summed E-state index contributed by atoms with van der Waals surface area (Å²) in [5, 5.41) is 7.10. The van der Waals surface area contributed by atoms with Crippen LogP contribution in [0.2, 0.25) is 5.15 Å². The van der Waals surface area contributed by atoms with Gasteiger partial charge < -0.3 is 15.5 Å². The minimum absolute atomic E-state index is 0.137. The van der Waals surface area contributed by atoms with E-state index in [1.165, 1.54) is 6.42 Å². The molecular weight excluding hydrogens is 386 g/mol. The van der Waals surface area contributed by atoms with E-state index in [0.29, 0.717) is 11.7 Å². The van der Waals surface area contributed by atoms with Gasteiger partial charge in [-0.15, -0.1) is 0 Å². The maximum Gasteiger partial charge on any atom is 0.253 e. The lowest BCUT2D eigenvalue weighted by Crippen LogP contribution is -2.38. The van der Waals surface area contributed by atoms with Gasteiger partial charge in [0.2, 0.25) is 0 Å². The first-order valence-corrected chi connectivity index (χ1v) is 10.5. The average molecular weight is 414 g/mol. The van der Waals surface area contributed by atoms with E-state index in [2.05, 4.69) is 20.6 Å². The third kappa shape index (κ3) is 6.46. The Bertz CT molecular complexity index is 814. The maximum absolute atomic E-state index is 12.5. The largest absolute Gasteiger partial charge is 0.356 e. The number of halogens is 1. The molecule has 29 heavy (non-hydrogen) atoms. The van der Waals surface area contributed by atoms with Gasteiger partial charge in [0, 0.05) is 45.0 Å². The molecule has 1 aromatic carbocycles. The number of aliphatic imine (C=N–C) groups is 1. The van der Waals surface area contributed by atoms with Crippen LogP contribution in [0.15, 0.2) is 47.6 Å². The molecule has 2 heterocycles. The number of benzene rings is 1. The second-order valence-corrected chi connectivity index (χ2v) is 7.53. The molecule has 0 unspecified atom stereocenters. The number of guanidine groups is 1. The molecule has 6 nitrogen and oxygen atoms in total. The van der Waals surface area contributed by atoms with E-state index in [1.54, 1.807) is 19.3 Å². The molecule has 1 aliphatic heterocycles. The number of piperidine rings is 1. The van der Waals surface area contributed by atoms with E-state index in [0.717, 1.165) is 61.5 Å². The van der Waals surface area contributed by atoms with Gasteiger partial charge in [-0.25, -0.2) is 4.98 Å². The molecule has 2 aromatic rings. The molecule has 0 aliphatic carbocycles. The Kier molecular flexibility index (Phi) is 7.87. The van der Waals surface area contributed by atoms with E-state index in [1.807, 2.05) is 35.2 Å². The van der Waals surface area contributed by atoms with Crippen LogP contribution in [-0.4, -0.2) is 48.4 Å². The first-order chi connectivity index (χ1) is 14.2. The third-order valence-electron chi connectivity index (χ3n) is 5.02. The Morgan fingerprint density at radius 2 is 1.79 bits per heavy atom. The van der Waals surface area contributed by atoms with Crippen molar-refractivity contribution in [2.45, 2.75) is 32.2 Å². The van der Waals surface area contributed by atoms with E-state index in [-0.39, 0.29) is 5.91 Å². The molecule has 0 spiro atoms. The molecular formula is C22H28ClN5O. The molecule has 1 aliphatic rings. The zero-order chi connectivity index (χ0) is 20.5. The Labute approximate surface area is 177 Å². The predicted octanol–water partition coefficient (Wildman–Crippen LogP) is 3.27. The number of pyridine rings is 1. The van der Waals surface area contributed by atoms with Crippen LogP contribution in [-0.2, 0) is 13.0 Å². The van der Waals surface area contributed by atoms with Gasteiger partial charge in [-0.3, -0.25) is 9.79 Å². The molecule has 1 aromatic heterocycles. The smallest absolute Gasteiger partial charge is 0.253 e. The van der Waals surface area contributed by atoms with Crippen molar-refractivity contribution < 1.29 is 4.79 Å². The van der Waals surface area contributed by atoms with Crippen LogP contribution >= 0.6 is 11.6 Å². The lowest BCUT2D eigenvalue weighted by atomic mass is 10.1. The Balaban J connectivity index is 1.44. The van der Waals surface area contributed by atoms with Crippen LogP contribution in [0.1, 0.15) is 40.7 Å². The fourth-order valence-corrected chi connectivity index (χ4v) is 3.44. The summed E-state index contributed by atoms with van der Waals surface area (Å²) >= 11 is 5.81. The molecule has 1 amide bonds. The summed E-state index contributed by atoms with van der Waals surface area (Å²) in [6.07, 6.45) is 6.05. The van der Waals surface area contributed by atoms with Crippen molar-refractivity contribution in [3.05, 3.63) is 64.4 Å². The Morgan fingerprint density at radius 3 is 2.45 bits per heavy atom. The van der Waals surface area contributed by atoms with Crippen LogP contribution in [0.5, 0.6) is 0 Å². The maximum atomic E-state index is 12.5. The summed E-state index contributed by atoms with van der Waals surface area (Å²) < 4.78 is 0. The number of rotatable bonds is 6. The molecule has 0 bridgehead atoms. The molecule has 2 N–H and O–H groups in total. The molecule has 154 valence electrons. The molecule has 0 atom stereocenters. The summed E-state index contributed by atoms with van der Waals surface area (Å²) in [7, 11) is 1.75. The highest BCUT2D eigenvalue weighted by Gasteiger charge is 2.17. The minimum atomic E-state index is 0.137. The van der Waals surface area contributed by atoms with Crippen LogP contribution in [0.25, 0.3) is 0 Å². The summed E-state index contributed by atoms with van der Waals surface area (Å²) in [6, 6.07) is 11.6. The molecule has 1 saturated heterocycles. The van der Waals surface area contributed by atoms with Crippen molar-refractivity contribution >= 4 is 23.5 Å². The monoisotopic (exact) mass is 413 g/mol. The SMILES string of the molecule is CN=C(NCCc1ccc(Cl)nc1)NCc1ccc(C(=O)N2CCCCC2)cc1. The summed E-state index contributed by atoms with van der Waals surface area (Å²) in [6.45, 7) is 3.12. The first-order valence-electron chi connectivity index (χ1n) is 10.1. The minimum Gasteiger partial charge on any atom is -0.356 e. The zero-order valence-electron chi connectivity index (χ0n) is 16.8. The van der Waals surface area contributed by atoms with Crippen molar-refractivity contribution in [2.75, 3.05) is 26.7 Å². The van der Waals surface area contributed by atoms with Gasteiger partial charge in [-0.1, -0.05) is 29.8 Å². The molecule has 1 fully saturated rings. The Hall–Kier alpha value is -2.60. The van der Waals surface area contributed by atoms with Gasteiger partial charge >= 0.3 is 0 Å². The van der Waals surface area contributed by atoms with Gasteiger partial charge in [0.05, 0.1) is 0 Å². The molecule has 7 heteroatoms. The molecule has 0 saturated carbocycles. The highest BCUT2D eigenvalue weighted by Crippen LogP contribution is 2.14. The van der Waals surface area contributed by atoms with Crippen LogP contribution < -0.4 is 10.6 Å². The van der Waals surface area contributed by atoms with Crippen molar-refractivity contribution in [3.8, 4) is 0 Å². The fourth-order valence-electron chi connectivity index (χ4n) is 3.33. The van der Waals surface area contributed by atoms with Crippen molar-refractivity contribution in [1.82, 2.24) is 20.5 Å². The number of carbonyl (C=O) groups excluding carboxylic acids is 1. The topological polar surface area (TPSA) is 69.6 Å². The van der Waals surface area contributed by atoms with E-state index in [9.17, 15) is 4.79 Å². The third-order valence-corrected chi connectivity index (χ3v) is 5.25. The van der Waals surface area contributed by atoms with Gasteiger partial charge in [-0.2, -0.15) is 0 Å². The quantitative estimate of drug-likeness (QED) is 0.433. The second-order valence-electron chi connectivity index (χ2n) is 7.14. The van der Waals surface area contributed by atoms with Gasteiger partial charge in [0.25, 0.3) is 5.91 Å². The number of nitrogens with one attached hydrogen (secondary N) is 2. The second kappa shape index (κ2) is 10.8. The number of aromatic nitrogens is 1. The van der Waals surface area contributed by atoms with Gasteiger partial charge in [0.15, 0.2) is 5.96 Å². The lowest BCUT2D eigenvalue weighted by Gasteiger charge is -2.26. The van der Waals surface area contributed by atoms with E-state index in [4.69, 9.17) is 11.6 Å². The summed E-state index contributed by atoms with van der Waals surface area (Å²) in [4.78, 5) is 22.8. The predicted molar refractivity (Wildman–Crippen MR) is 117 cm³/mol. The van der Waals surface area contributed by atoms with Crippen LogP contribution in [0.4, 0.5) is 0 Å². The number of likely N-dealkylation sites (tertiary alicyclic amines) is 1. The average Bonchev–Trinajstić information content (AvgIpc) is 2.78. The Morgan fingerprint density at radius 1 is 1.07 bits per heavy atom. The van der Waals surface area contributed by atoms with Crippen LogP contribution in [0, 0.1) is 0 Å². The standard InChI is InChI=1S/C22H28ClN5O/c1-24-22(25-12-11-18-7-10-20(23)26-15-18)27-16-17-5-8-19(9-6-17)21(29)28-13-3-2-4-14-28/h5-10,15H,2-4,11-14,16H2,1H3,(H2,24,25,27). The normalized spacial score (nSPS) is 14.6. The van der Waals surface area contributed by atoms with Crippen LogP contribution in [0.3, 0.4) is 0 Å². The molecule has 3 rings (SSSR count). The van der Waals surface area contributed by atoms with Crippen molar-refractivity contribution in [3.63, 3.8) is 0 Å². The van der Waals surface area contributed by atoms with Gasteiger partial charge in [0.1, 0.15) is 5.15 Å². The van der Waals surface area contributed by atoms with E-state index < -0.39 is 0 Å².